The fraction of sp³-hybridized carbons (Fsp3) is 0.556. The molecule has 0 bridgehead atoms. The van der Waals surface area contributed by atoms with Crippen molar-refractivity contribution in [2.24, 2.45) is 0 Å². The Morgan fingerprint density at radius 1 is 1.12 bits per heavy atom. The zero-order chi connectivity index (χ0) is 19.1. The summed E-state index contributed by atoms with van der Waals surface area (Å²) >= 11 is 5.10. The fourth-order valence-electron chi connectivity index (χ4n) is 1.80. The lowest BCUT2D eigenvalue weighted by Gasteiger charge is -2.23. The number of nitrogens with one attached hydrogen (secondary N) is 1. The third-order valence-electron chi connectivity index (χ3n) is 2.96. The Kier molecular flexibility index (Phi) is 8.28. The normalized spacial score (nSPS) is 11.8. The van der Waals surface area contributed by atoms with Gasteiger partial charge in [0.15, 0.2) is 6.73 Å². The van der Waals surface area contributed by atoms with Crippen LogP contribution < -0.4 is 5.32 Å². The van der Waals surface area contributed by atoms with Crippen molar-refractivity contribution in [1.82, 2.24) is 5.32 Å². The third-order valence-corrected chi connectivity index (χ3v) is 4.89. The topological polar surface area (TPSA) is 64.6 Å². The molecule has 5 nitrogen and oxygen atoms in total. The van der Waals surface area contributed by atoms with Gasteiger partial charge in [0.2, 0.25) is 0 Å². The maximum Gasteiger partial charge on any atom is 0.410 e. The number of hydrogen-bond donors (Lipinski definition) is 1. The van der Waals surface area contributed by atoms with Gasteiger partial charge < -0.3 is 9.47 Å². The van der Waals surface area contributed by atoms with Gasteiger partial charge in [0.05, 0.1) is 6.42 Å². The van der Waals surface area contributed by atoms with Crippen molar-refractivity contribution in [3.05, 3.63) is 34.3 Å². The molecule has 0 saturated heterocycles. The van der Waals surface area contributed by atoms with E-state index in [0.717, 1.165) is 10.2 Å². The van der Waals surface area contributed by atoms with Crippen molar-refractivity contribution >= 4 is 39.8 Å². The number of halogens is 1. The van der Waals surface area contributed by atoms with E-state index < -0.39 is 11.7 Å². The number of alkyl carbamates (subject to hydrolysis) is 1. The Labute approximate surface area is 162 Å². The number of hydrogen-bond acceptors (Lipinski definition) is 5. The van der Waals surface area contributed by atoms with Crippen LogP contribution in [0.3, 0.4) is 0 Å². The number of amides is 1. The number of thioether (sulfide) groups is 1. The Balaban J connectivity index is 2.31. The number of ether oxygens (including phenoxy) is 2. The molecular weight excluding hydrogens is 406 g/mol. The molecule has 0 fully saturated rings. The van der Waals surface area contributed by atoms with E-state index in [-0.39, 0.29) is 23.9 Å². The molecule has 1 aromatic rings. The van der Waals surface area contributed by atoms with Crippen LogP contribution in [0.4, 0.5) is 4.79 Å². The Hall–Kier alpha value is -1.21. The van der Waals surface area contributed by atoms with E-state index >= 15 is 0 Å². The summed E-state index contributed by atoms with van der Waals surface area (Å²) in [6.07, 6.45) is -0.353. The van der Waals surface area contributed by atoms with E-state index in [1.807, 2.05) is 26.0 Å². The minimum Gasteiger partial charge on any atom is -0.444 e. The molecule has 0 heterocycles. The maximum atomic E-state index is 11.9. The second-order valence-corrected chi connectivity index (χ2v) is 9.79. The predicted octanol–water partition coefficient (Wildman–Crippen LogP) is 4.88. The molecule has 1 aromatic carbocycles. The number of benzene rings is 1. The molecule has 25 heavy (non-hydrogen) atoms. The molecule has 0 aliphatic heterocycles. The summed E-state index contributed by atoms with van der Waals surface area (Å²) in [5.74, 6) is 0.452. The van der Waals surface area contributed by atoms with E-state index in [2.05, 4.69) is 33.4 Å². The first-order valence-corrected chi connectivity index (χ1v) is 9.76. The molecular formula is C18H26BrNO4S. The summed E-state index contributed by atoms with van der Waals surface area (Å²) in [5.41, 5.74) is 0.612. The van der Waals surface area contributed by atoms with E-state index in [9.17, 15) is 9.59 Å². The number of carbonyl (C=O) groups is 2. The van der Waals surface area contributed by atoms with E-state index in [1.165, 1.54) is 5.56 Å². The molecule has 1 rings (SSSR count). The largest absolute Gasteiger partial charge is 0.444 e. The highest BCUT2D eigenvalue weighted by atomic mass is 79.9. The van der Waals surface area contributed by atoms with Gasteiger partial charge in [-0.2, -0.15) is 11.8 Å². The lowest BCUT2D eigenvalue weighted by molar-refractivity contribution is -0.144. The number of carbonyl (C=O) groups excluding carboxylic acids is 2. The van der Waals surface area contributed by atoms with E-state index in [1.54, 1.807) is 32.5 Å². The van der Waals surface area contributed by atoms with Crippen molar-refractivity contribution in [2.75, 3.05) is 6.73 Å². The summed E-state index contributed by atoms with van der Waals surface area (Å²) in [6, 6.07) is 8.10. The minimum absolute atomic E-state index is 0.193. The van der Waals surface area contributed by atoms with Gasteiger partial charge in [0, 0.05) is 15.0 Å². The molecule has 0 aliphatic rings. The van der Waals surface area contributed by atoms with Gasteiger partial charge in [-0.1, -0.05) is 41.9 Å². The SMILES string of the molecule is CC(C)(C)OC(=O)NCOC(=O)CC(C)(C)SCc1ccc(Br)cc1. The molecule has 1 amide bonds. The lowest BCUT2D eigenvalue weighted by Crippen LogP contribution is -2.35. The summed E-state index contributed by atoms with van der Waals surface area (Å²) in [5, 5.41) is 2.40. The van der Waals surface area contributed by atoms with Gasteiger partial charge in [-0.05, 0) is 38.5 Å². The van der Waals surface area contributed by atoms with Crippen LogP contribution in [0.15, 0.2) is 28.7 Å². The second kappa shape index (κ2) is 9.48. The van der Waals surface area contributed by atoms with Crippen LogP contribution in [0, 0.1) is 0 Å². The Morgan fingerprint density at radius 2 is 1.72 bits per heavy atom. The van der Waals surface area contributed by atoms with Gasteiger partial charge in [-0.15, -0.1) is 0 Å². The zero-order valence-corrected chi connectivity index (χ0v) is 17.8. The van der Waals surface area contributed by atoms with Crippen molar-refractivity contribution < 1.29 is 19.1 Å². The maximum absolute atomic E-state index is 11.9. The molecule has 1 N–H and O–H groups in total. The first kappa shape index (κ1) is 21.8. The highest BCUT2D eigenvalue weighted by molar-refractivity contribution is 9.10. The van der Waals surface area contributed by atoms with Crippen LogP contribution >= 0.6 is 27.7 Å². The molecule has 0 saturated carbocycles. The van der Waals surface area contributed by atoms with Crippen molar-refractivity contribution in [1.29, 1.82) is 0 Å². The van der Waals surface area contributed by atoms with Gasteiger partial charge >= 0.3 is 12.1 Å². The number of rotatable bonds is 7. The monoisotopic (exact) mass is 431 g/mol. The molecule has 0 aromatic heterocycles. The molecule has 0 aliphatic carbocycles. The van der Waals surface area contributed by atoms with Crippen molar-refractivity contribution in [3.8, 4) is 0 Å². The molecule has 0 atom stereocenters. The van der Waals surface area contributed by atoms with Crippen LogP contribution in [-0.2, 0) is 20.0 Å². The van der Waals surface area contributed by atoms with Gasteiger partial charge in [-0.3, -0.25) is 10.1 Å². The highest BCUT2D eigenvalue weighted by Gasteiger charge is 2.24. The van der Waals surface area contributed by atoms with Crippen molar-refractivity contribution in [2.45, 2.75) is 57.1 Å². The van der Waals surface area contributed by atoms with Crippen molar-refractivity contribution in [3.63, 3.8) is 0 Å². The smallest absolute Gasteiger partial charge is 0.410 e. The summed E-state index contributed by atoms with van der Waals surface area (Å²) < 4.78 is 10.9. The van der Waals surface area contributed by atoms with Crippen LogP contribution in [0.25, 0.3) is 0 Å². The lowest BCUT2D eigenvalue weighted by atomic mass is 10.1. The standard InChI is InChI=1S/C18H26BrNO4S/c1-17(2,3)24-16(22)20-12-23-15(21)10-18(4,5)25-11-13-6-8-14(19)9-7-13/h6-9H,10-12H2,1-5H3,(H,20,22). The Morgan fingerprint density at radius 3 is 2.28 bits per heavy atom. The summed E-state index contributed by atoms with van der Waals surface area (Å²) in [4.78, 5) is 23.4. The molecule has 0 spiro atoms. The molecule has 140 valence electrons. The summed E-state index contributed by atoms with van der Waals surface area (Å²) in [6.45, 7) is 9.11. The quantitative estimate of drug-likeness (QED) is 0.492. The second-order valence-electron chi connectivity index (χ2n) is 7.19. The van der Waals surface area contributed by atoms with Gasteiger partial charge in [0.25, 0.3) is 0 Å². The average Bonchev–Trinajstić information content (AvgIpc) is 2.44. The molecule has 0 radical (unpaired) electrons. The van der Waals surface area contributed by atoms with Gasteiger partial charge in [0.1, 0.15) is 5.60 Å². The predicted molar refractivity (Wildman–Crippen MR) is 104 cm³/mol. The first-order chi connectivity index (χ1) is 11.5. The van der Waals surface area contributed by atoms with Crippen LogP contribution in [0.2, 0.25) is 0 Å². The number of esters is 1. The van der Waals surface area contributed by atoms with Crippen LogP contribution in [0.1, 0.15) is 46.6 Å². The first-order valence-electron chi connectivity index (χ1n) is 7.98. The van der Waals surface area contributed by atoms with Crippen LogP contribution in [0.5, 0.6) is 0 Å². The highest BCUT2D eigenvalue weighted by Crippen LogP contribution is 2.31. The minimum atomic E-state index is -0.607. The average molecular weight is 432 g/mol. The summed E-state index contributed by atoms with van der Waals surface area (Å²) in [7, 11) is 0. The van der Waals surface area contributed by atoms with Crippen LogP contribution in [-0.4, -0.2) is 29.1 Å². The molecule has 7 heteroatoms. The third kappa shape index (κ3) is 10.4. The van der Waals surface area contributed by atoms with E-state index in [4.69, 9.17) is 9.47 Å². The van der Waals surface area contributed by atoms with Gasteiger partial charge in [-0.25, -0.2) is 4.79 Å². The molecule has 0 unspecified atom stereocenters. The fourth-order valence-corrected chi connectivity index (χ4v) is 3.03. The van der Waals surface area contributed by atoms with E-state index in [0.29, 0.717) is 0 Å². The Bertz CT molecular complexity index is 582. The zero-order valence-electron chi connectivity index (χ0n) is 15.3.